The zero-order valence-corrected chi connectivity index (χ0v) is 31.8. The van der Waals surface area contributed by atoms with Gasteiger partial charge in [-0.3, -0.25) is 9.59 Å². The van der Waals surface area contributed by atoms with Crippen molar-refractivity contribution in [1.29, 1.82) is 0 Å². The number of fused-ring (bicyclic) bond motifs is 2. The fraction of sp³-hybridized carbons (Fsp3) is 0.410. The standard InChI is InChI=1S/C20H21F2N3O2S.C13H14F2N2O.C6H9NS/c1-12-2-3-14(28-12)11-23-19(27)25-6-4-20(5-7-25)10-17(26)15-8-13(21)9-16(22)18(15)24-20;14-8-5-9-11(18)7-13(1-3-16-4-2-13)17-12(9)10(15)6-8;1-5-2-3-6(4-7)8-5/h2-3,8-9,24H,4-7,10-11H2,1H3,(H,23,27);5-6,16-17H,1-4,7H2;2-3H,4,7H2,1H3. The zero-order valence-electron chi connectivity index (χ0n) is 30.2. The number of ketones is 2. The minimum Gasteiger partial charge on any atom is -0.376 e. The summed E-state index contributed by atoms with van der Waals surface area (Å²) in [5.41, 5.74) is 4.85. The first-order chi connectivity index (χ1) is 25.8. The molecule has 4 aliphatic rings. The Balaban J connectivity index is 0.000000162. The molecule has 288 valence electrons. The fourth-order valence-corrected chi connectivity index (χ4v) is 8.96. The van der Waals surface area contributed by atoms with Crippen molar-refractivity contribution < 1.29 is 31.9 Å². The van der Waals surface area contributed by atoms with E-state index in [9.17, 15) is 31.9 Å². The van der Waals surface area contributed by atoms with E-state index in [2.05, 4.69) is 40.3 Å². The van der Waals surface area contributed by atoms with Gasteiger partial charge in [0.15, 0.2) is 11.6 Å². The Hall–Kier alpha value is -4.31. The topological polar surface area (TPSA) is 129 Å². The molecular weight excluding hydrogens is 741 g/mol. The summed E-state index contributed by atoms with van der Waals surface area (Å²) in [6.45, 7) is 7.81. The third-order valence-electron chi connectivity index (χ3n) is 10.3. The predicted molar refractivity (Wildman–Crippen MR) is 204 cm³/mol. The molecular formula is C39H44F4N6O3S2. The maximum atomic E-state index is 14.2. The van der Waals surface area contributed by atoms with Gasteiger partial charge in [0.1, 0.15) is 23.3 Å². The van der Waals surface area contributed by atoms with E-state index < -0.39 is 28.8 Å². The Labute approximate surface area is 319 Å². The number of Topliss-reactive ketones (excluding diaryl/α,β-unsaturated/α-hetero) is 2. The second kappa shape index (κ2) is 16.6. The molecule has 4 aromatic rings. The van der Waals surface area contributed by atoms with E-state index in [0.717, 1.165) is 55.1 Å². The third kappa shape index (κ3) is 9.13. The van der Waals surface area contributed by atoms with Crippen LogP contribution >= 0.6 is 22.7 Å². The summed E-state index contributed by atoms with van der Waals surface area (Å²) in [5.74, 6) is -3.34. The van der Waals surface area contributed by atoms with Gasteiger partial charge in [-0.05, 0) is 89.0 Å². The van der Waals surface area contributed by atoms with Crippen LogP contribution in [-0.2, 0) is 13.1 Å². The first-order valence-electron chi connectivity index (χ1n) is 17.9. The van der Waals surface area contributed by atoms with E-state index in [-0.39, 0.29) is 52.1 Å². The van der Waals surface area contributed by atoms with Crippen LogP contribution in [0.1, 0.15) is 78.7 Å². The Kier molecular flexibility index (Phi) is 12.1. The van der Waals surface area contributed by atoms with E-state index in [1.54, 1.807) is 27.6 Å². The lowest BCUT2D eigenvalue weighted by Gasteiger charge is -2.45. The number of nitrogens with zero attached hydrogens (tertiary/aromatic N) is 1. The highest BCUT2D eigenvalue weighted by Gasteiger charge is 2.43. The van der Waals surface area contributed by atoms with Crippen molar-refractivity contribution in [2.75, 3.05) is 36.8 Å². The summed E-state index contributed by atoms with van der Waals surface area (Å²) in [5, 5.41) is 12.4. The highest BCUT2D eigenvalue weighted by Crippen LogP contribution is 2.40. The summed E-state index contributed by atoms with van der Waals surface area (Å²) in [6.07, 6.45) is 3.09. The minimum atomic E-state index is -0.756. The van der Waals surface area contributed by atoms with Crippen molar-refractivity contribution in [3.8, 4) is 0 Å². The number of carbonyl (C=O) groups excluding carboxylic acids is 3. The van der Waals surface area contributed by atoms with Crippen molar-refractivity contribution >= 4 is 51.6 Å². The van der Waals surface area contributed by atoms with E-state index in [1.807, 2.05) is 19.1 Å². The fourth-order valence-electron chi connectivity index (χ4n) is 7.36. The van der Waals surface area contributed by atoms with Gasteiger partial charge >= 0.3 is 6.03 Å². The predicted octanol–water partition coefficient (Wildman–Crippen LogP) is 7.68. The number of nitrogens with two attached hydrogens (primary N) is 1. The molecule has 0 atom stereocenters. The summed E-state index contributed by atoms with van der Waals surface area (Å²) >= 11 is 3.41. The molecule has 9 nitrogen and oxygen atoms in total. The molecule has 0 saturated carbocycles. The van der Waals surface area contributed by atoms with Crippen LogP contribution in [0.5, 0.6) is 0 Å². The molecule has 54 heavy (non-hydrogen) atoms. The van der Waals surface area contributed by atoms with Crippen LogP contribution in [-0.4, -0.2) is 59.8 Å². The van der Waals surface area contributed by atoms with E-state index in [1.165, 1.54) is 14.6 Å². The molecule has 6 heterocycles. The molecule has 0 unspecified atom stereocenters. The minimum absolute atomic E-state index is 0.0644. The number of hydrogen-bond acceptors (Lipinski definition) is 9. The van der Waals surface area contributed by atoms with Crippen molar-refractivity contribution in [2.45, 2.75) is 76.5 Å². The number of anilines is 2. The van der Waals surface area contributed by atoms with Gasteiger partial charge in [-0.2, -0.15) is 0 Å². The van der Waals surface area contributed by atoms with Crippen LogP contribution in [0, 0.1) is 37.1 Å². The van der Waals surface area contributed by atoms with Gasteiger partial charge in [-0.25, -0.2) is 22.4 Å². The number of benzene rings is 2. The van der Waals surface area contributed by atoms with Crippen LogP contribution < -0.4 is 27.0 Å². The molecule has 8 rings (SSSR count). The Morgan fingerprint density at radius 2 is 1.24 bits per heavy atom. The molecule has 2 saturated heterocycles. The van der Waals surface area contributed by atoms with Crippen molar-refractivity contribution in [1.82, 2.24) is 15.5 Å². The molecule has 2 spiro atoms. The summed E-state index contributed by atoms with van der Waals surface area (Å²) < 4.78 is 54.5. The molecule has 2 amide bonds. The largest absolute Gasteiger partial charge is 0.376 e. The number of urea groups is 1. The molecule has 0 bridgehead atoms. The third-order valence-corrected chi connectivity index (χ3v) is 12.3. The Morgan fingerprint density at radius 3 is 1.69 bits per heavy atom. The van der Waals surface area contributed by atoms with Crippen molar-refractivity contribution in [2.24, 2.45) is 5.73 Å². The quantitative estimate of drug-likeness (QED) is 0.135. The van der Waals surface area contributed by atoms with Crippen LogP contribution in [0.2, 0.25) is 0 Å². The number of carbonyl (C=O) groups is 3. The SMILES string of the molecule is Cc1ccc(CN)s1.Cc1ccc(CNC(=O)N2CCC3(CC2)CC(=O)c2cc(F)cc(F)c2N3)s1.O=C1CC2(CCNCC2)Nc2c(F)cc(F)cc21. The van der Waals surface area contributed by atoms with Gasteiger partial charge in [-0.1, -0.05) is 0 Å². The second-order valence-electron chi connectivity index (χ2n) is 14.3. The van der Waals surface area contributed by atoms with Gasteiger partial charge in [0, 0.05) is 86.3 Å². The van der Waals surface area contributed by atoms with Crippen molar-refractivity contribution in [3.63, 3.8) is 0 Å². The first kappa shape index (κ1) is 39.4. The molecule has 2 fully saturated rings. The van der Waals surface area contributed by atoms with Gasteiger partial charge in [-0.15, -0.1) is 22.7 Å². The number of aryl methyl sites for hydroxylation is 2. The Bertz CT molecular complexity index is 2020. The van der Waals surface area contributed by atoms with Crippen LogP contribution in [0.3, 0.4) is 0 Å². The number of likely N-dealkylation sites (tertiary alicyclic amines) is 1. The number of halogens is 4. The summed E-state index contributed by atoms with van der Waals surface area (Å²) in [6, 6.07) is 11.8. The number of hydrogen-bond donors (Lipinski definition) is 5. The lowest BCUT2D eigenvalue weighted by molar-refractivity contribution is 0.0910. The van der Waals surface area contributed by atoms with Gasteiger partial charge in [0.05, 0.1) is 17.9 Å². The molecule has 4 aliphatic heterocycles. The molecule has 0 aliphatic carbocycles. The first-order valence-corrected chi connectivity index (χ1v) is 19.6. The monoisotopic (exact) mass is 784 g/mol. The average Bonchev–Trinajstić information content (AvgIpc) is 3.77. The lowest BCUT2D eigenvalue weighted by atomic mass is 9.78. The molecule has 0 radical (unpaired) electrons. The van der Waals surface area contributed by atoms with E-state index >= 15 is 0 Å². The lowest BCUT2D eigenvalue weighted by Crippen LogP contribution is -2.55. The number of amides is 2. The maximum absolute atomic E-state index is 14.2. The van der Waals surface area contributed by atoms with Crippen LogP contribution in [0.15, 0.2) is 48.5 Å². The zero-order chi connectivity index (χ0) is 38.6. The normalized spacial score (nSPS) is 17.9. The Morgan fingerprint density at radius 1 is 0.759 bits per heavy atom. The summed E-state index contributed by atoms with van der Waals surface area (Å²) in [4.78, 5) is 43.6. The number of thiophene rings is 2. The molecule has 6 N–H and O–H groups in total. The number of rotatable bonds is 3. The van der Waals surface area contributed by atoms with Crippen LogP contribution in [0.4, 0.5) is 33.7 Å². The van der Waals surface area contributed by atoms with Gasteiger partial charge in [0.25, 0.3) is 0 Å². The summed E-state index contributed by atoms with van der Waals surface area (Å²) in [7, 11) is 0. The average molecular weight is 785 g/mol. The maximum Gasteiger partial charge on any atom is 0.317 e. The van der Waals surface area contributed by atoms with Gasteiger partial charge < -0.3 is 31.9 Å². The molecule has 2 aromatic carbocycles. The molecule has 2 aromatic heterocycles. The highest BCUT2D eigenvalue weighted by atomic mass is 32.1. The van der Waals surface area contributed by atoms with Gasteiger partial charge in [0.2, 0.25) is 0 Å². The number of nitrogens with one attached hydrogen (secondary N) is 4. The highest BCUT2D eigenvalue weighted by molar-refractivity contribution is 7.12. The molecule has 15 heteroatoms. The smallest absolute Gasteiger partial charge is 0.317 e. The number of piperidine rings is 2. The van der Waals surface area contributed by atoms with E-state index in [4.69, 9.17) is 5.73 Å². The van der Waals surface area contributed by atoms with Crippen molar-refractivity contribution in [3.05, 3.63) is 102 Å². The van der Waals surface area contributed by atoms with E-state index in [0.29, 0.717) is 45.4 Å². The second-order valence-corrected chi connectivity index (χ2v) is 17.0. The van der Waals surface area contributed by atoms with Crippen LogP contribution in [0.25, 0.3) is 0 Å².